The van der Waals surface area contributed by atoms with E-state index in [1.54, 1.807) is 17.6 Å². The Bertz CT molecular complexity index is 408. The van der Waals surface area contributed by atoms with E-state index in [1.165, 1.54) is 23.5 Å². The summed E-state index contributed by atoms with van der Waals surface area (Å²) in [5.41, 5.74) is 8.19. The lowest BCUT2D eigenvalue weighted by Crippen LogP contribution is -1.86. The molecule has 1 heterocycles. The Morgan fingerprint density at radius 2 is 1.92 bits per heavy atom. The monoisotopic (exact) mass is 194 g/mol. The smallest absolute Gasteiger partial charge is 0.142 e. The SMILES string of the molecule is Nc1ncsc1-c1ccc(F)cc1. The normalized spacial score (nSPS) is 10.2. The van der Waals surface area contributed by atoms with E-state index < -0.39 is 0 Å². The van der Waals surface area contributed by atoms with Crippen LogP contribution in [0.5, 0.6) is 0 Å². The standard InChI is InChI=1S/C9H7FN2S/c10-7-3-1-6(2-4-7)8-9(11)12-5-13-8/h1-5H,11H2. The van der Waals surface area contributed by atoms with Crippen LogP contribution in [0.25, 0.3) is 10.4 Å². The number of hydrogen-bond acceptors (Lipinski definition) is 3. The van der Waals surface area contributed by atoms with Gasteiger partial charge in [-0.15, -0.1) is 11.3 Å². The highest BCUT2D eigenvalue weighted by Crippen LogP contribution is 2.28. The first-order valence-electron chi connectivity index (χ1n) is 3.72. The molecule has 2 N–H and O–H groups in total. The molecule has 2 aromatic rings. The van der Waals surface area contributed by atoms with E-state index >= 15 is 0 Å². The Morgan fingerprint density at radius 1 is 1.23 bits per heavy atom. The van der Waals surface area contributed by atoms with Crippen molar-refractivity contribution in [1.82, 2.24) is 4.98 Å². The van der Waals surface area contributed by atoms with Gasteiger partial charge >= 0.3 is 0 Å². The van der Waals surface area contributed by atoms with Crippen LogP contribution in [-0.4, -0.2) is 4.98 Å². The zero-order chi connectivity index (χ0) is 9.26. The minimum absolute atomic E-state index is 0.244. The molecule has 0 radical (unpaired) electrons. The summed E-state index contributed by atoms with van der Waals surface area (Å²) in [6.45, 7) is 0. The summed E-state index contributed by atoms with van der Waals surface area (Å²) in [5, 5.41) is 0. The maximum Gasteiger partial charge on any atom is 0.142 e. The van der Waals surface area contributed by atoms with Crippen molar-refractivity contribution in [2.45, 2.75) is 0 Å². The van der Waals surface area contributed by atoms with E-state index in [4.69, 9.17) is 5.73 Å². The fraction of sp³-hybridized carbons (Fsp3) is 0. The van der Waals surface area contributed by atoms with Crippen molar-refractivity contribution in [2.24, 2.45) is 0 Å². The molecule has 2 rings (SSSR count). The van der Waals surface area contributed by atoms with E-state index in [0.29, 0.717) is 5.82 Å². The van der Waals surface area contributed by atoms with Gasteiger partial charge in [0, 0.05) is 0 Å². The van der Waals surface area contributed by atoms with Crippen molar-refractivity contribution in [2.75, 3.05) is 5.73 Å². The Kier molecular flexibility index (Phi) is 1.98. The molecule has 1 aromatic carbocycles. The molecule has 1 aromatic heterocycles. The van der Waals surface area contributed by atoms with E-state index in [1.807, 2.05) is 0 Å². The predicted octanol–water partition coefficient (Wildman–Crippen LogP) is 2.53. The number of anilines is 1. The van der Waals surface area contributed by atoms with Crippen LogP contribution in [-0.2, 0) is 0 Å². The summed E-state index contributed by atoms with van der Waals surface area (Å²) in [6.07, 6.45) is 0. The first-order valence-corrected chi connectivity index (χ1v) is 4.60. The molecule has 0 saturated heterocycles. The summed E-state index contributed by atoms with van der Waals surface area (Å²) < 4.78 is 12.6. The number of rotatable bonds is 1. The molecule has 13 heavy (non-hydrogen) atoms. The second kappa shape index (κ2) is 3.14. The van der Waals surface area contributed by atoms with Crippen LogP contribution in [0.1, 0.15) is 0 Å². The van der Waals surface area contributed by atoms with E-state index in [9.17, 15) is 4.39 Å². The van der Waals surface area contributed by atoms with Gasteiger partial charge in [-0.1, -0.05) is 12.1 Å². The highest BCUT2D eigenvalue weighted by molar-refractivity contribution is 7.13. The molecule has 0 spiro atoms. The quantitative estimate of drug-likeness (QED) is 0.757. The molecule has 0 unspecified atom stereocenters. The number of aromatic nitrogens is 1. The van der Waals surface area contributed by atoms with Gasteiger partial charge in [-0.05, 0) is 17.7 Å². The van der Waals surface area contributed by atoms with Gasteiger partial charge in [-0.25, -0.2) is 9.37 Å². The molecular weight excluding hydrogens is 187 g/mol. The van der Waals surface area contributed by atoms with Crippen molar-refractivity contribution >= 4 is 17.2 Å². The van der Waals surface area contributed by atoms with E-state index in [2.05, 4.69) is 4.98 Å². The third-order valence-electron chi connectivity index (χ3n) is 1.70. The summed E-state index contributed by atoms with van der Waals surface area (Å²) in [7, 11) is 0. The Labute approximate surface area is 78.9 Å². The van der Waals surface area contributed by atoms with Crippen molar-refractivity contribution in [3.8, 4) is 10.4 Å². The van der Waals surface area contributed by atoms with E-state index in [-0.39, 0.29) is 5.82 Å². The highest BCUT2D eigenvalue weighted by Gasteiger charge is 2.04. The summed E-state index contributed by atoms with van der Waals surface area (Å²) in [5.74, 6) is 0.253. The van der Waals surface area contributed by atoms with Gasteiger partial charge in [-0.2, -0.15) is 0 Å². The Balaban J connectivity index is 2.47. The third kappa shape index (κ3) is 1.53. The summed E-state index contributed by atoms with van der Waals surface area (Å²) in [6, 6.07) is 6.21. The summed E-state index contributed by atoms with van der Waals surface area (Å²) in [4.78, 5) is 4.81. The van der Waals surface area contributed by atoms with Crippen molar-refractivity contribution in [3.05, 3.63) is 35.6 Å². The van der Waals surface area contributed by atoms with Crippen LogP contribution < -0.4 is 5.73 Å². The second-order valence-electron chi connectivity index (χ2n) is 2.57. The Morgan fingerprint density at radius 3 is 2.46 bits per heavy atom. The van der Waals surface area contributed by atoms with Gasteiger partial charge < -0.3 is 5.73 Å². The minimum Gasteiger partial charge on any atom is -0.382 e. The fourth-order valence-corrected chi connectivity index (χ4v) is 1.79. The molecule has 0 bridgehead atoms. The van der Waals surface area contributed by atoms with Crippen LogP contribution in [0.4, 0.5) is 10.2 Å². The third-order valence-corrected chi connectivity index (χ3v) is 2.59. The topological polar surface area (TPSA) is 38.9 Å². The molecule has 0 aliphatic heterocycles. The largest absolute Gasteiger partial charge is 0.382 e. The van der Waals surface area contributed by atoms with Crippen molar-refractivity contribution < 1.29 is 4.39 Å². The van der Waals surface area contributed by atoms with Gasteiger partial charge in [0.15, 0.2) is 0 Å². The maximum absolute atomic E-state index is 12.6. The lowest BCUT2D eigenvalue weighted by Gasteiger charge is -1.97. The van der Waals surface area contributed by atoms with Gasteiger partial charge in [0.1, 0.15) is 11.6 Å². The van der Waals surface area contributed by atoms with Crippen LogP contribution in [0.15, 0.2) is 29.8 Å². The molecule has 66 valence electrons. The molecule has 0 amide bonds. The fourth-order valence-electron chi connectivity index (χ4n) is 1.07. The molecule has 0 aliphatic carbocycles. The van der Waals surface area contributed by atoms with E-state index in [0.717, 1.165) is 10.4 Å². The minimum atomic E-state index is -0.244. The highest BCUT2D eigenvalue weighted by atomic mass is 32.1. The van der Waals surface area contributed by atoms with Gasteiger partial charge in [0.2, 0.25) is 0 Å². The first kappa shape index (κ1) is 8.19. The first-order chi connectivity index (χ1) is 6.27. The number of nitrogens with zero attached hydrogens (tertiary/aromatic N) is 1. The molecule has 4 heteroatoms. The van der Waals surface area contributed by atoms with Crippen LogP contribution in [0.3, 0.4) is 0 Å². The lowest BCUT2D eigenvalue weighted by atomic mass is 10.2. The average Bonchev–Trinajstić information content (AvgIpc) is 2.53. The number of halogens is 1. The number of nitrogens with two attached hydrogens (primary N) is 1. The second-order valence-corrected chi connectivity index (χ2v) is 3.43. The molecule has 2 nitrogen and oxygen atoms in total. The van der Waals surface area contributed by atoms with Crippen molar-refractivity contribution in [1.29, 1.82) is 0 Å². The van der Waals surface area contributed by atoms with Gasteiger partial charge in [0.25, 0.3) is 0 Å². The maximum atomic E-state index is 12.6. The molecule has 0 aliphatic rings. The molecular formula is C9H7FN2S. The zero-order valence-corrected chi connectivity index (χ0v) is 7.51. The van der Waals surface area contributed by atoms with Crippen LogP contribution in [0, 0.1) is 5.82 Å². The van der Waals surface area contributed by atoms with Crippen molar-refractivity contribution in [3.63, 3.8) is 0 Å². The average molecular weight is 194 g/mol. The van der Waals surface area contributed by atoms with Crippen LogP contribution >= 0.6 is 11.3 Å². The Hall–Kier alpha value is -1.42. The lowest BCUT2D eigenvalue weighted by molar-refractivity contribution is 0.628. The number of nitrogen functional groups attached to an aromatic ring is 1. The number of thiazole rings is 1. The van der Waals surface area contributed by atoms with Gasteiger partial charge in [-0.3, -0.25) is 0 Å². The predicted molar refractivity (Wildman–Crippen MR) is 51.9 cm³/mol. The zero-order valence-electron chi connectivity index (χ0n) is 6.70. The molecule has 0 atom stereocenters. The number of hydrogen-bond donors (Lipinski definition) is 1. The van der Waals surface area contributed by atoms with Gasteiger partial charge in [0.05, 0.1) is 10.4 Å². The summed E-state index contributed by atoms with van der Waals surface area (Å²) >= 11 is 1.45. The molecule has 0 saturated carbocycles. The number of benzene rings is 1. The van der Waals surface area contributed by atoms with Crippen LogP contribution in [0.2, 0.25) is 0 Å². The molecule has 0 fully saturated rings.